The van der Waals surface area contributed by atoms with Crippen LogP contribution >= 0.6 is 0 Å². The van der Waals surface area contributed by atoms with E-state index in [1.807, 2.05) is 0 Å². The molecule has 1 saturated heterocycles. The minimum atomic E-state index is -5.05. The first kappa shape index (κ1) is 23.7. The summed E-state index contributed by atoms with van der Waals surface area (Å²) in [4.78, 5) is 18.3. The van der Waals surface area contributed by atoms with Gasteiger partial charge in [0, 0.05) is 24.2 Å². The molecule has 2 aromatic carbocycles. The highest BCUT2D eigenvalue weighted by Crippen LogP contribution is 2.37. The molecule has 4 rings (SSSR count). The first-order valence-corrected chi connectivity index (χ1v) is 10.1. The molecular formula is C22H16F7N3O2. The van der Waals surface area contributed by atoms with Crippen molar-refractivity contribution in [3.05, 3.63) is 70.9 Å². The molecule has 0 saturated carbocycles. The Morgan fingerprint density at radius 2 is 1.59 bits per heavy atom. The zero-order chi connectivity index (χ0) is 24.7. The highest BCUT2D eigenvalue weighted by Gasteiger charge is 2.38. The molecule has 5 nitrogen and oxygen atoms in total. The molecule has 1 aliphatic rings. The van der Waals surface area contributed by atoms with Crippen LogP contribution in [-0.2, 0) is 12.4 Å². The van der Waals surface area contributed by atoms with E-state index in [4.69, 9.17) is 4.52 Å². The van der Waals surface area contributed by atoms with Gasteiger partial charge >= 0.3 is 12.4 Å². The van der Waals surface area contributed by atoms with Crippen LogP contribution in [0.3, 0.4) is 0 Å². The first-order valence-electron chi connectivity index (χ1n) is 10.1. The molecular weight excluding hydrogens is 471 g/mol. The van der Waals surface area contributed by atoms with Crippen molar-refractivity contribution < 1.29 is 40.1 Å². The quantitative estimate of drug-likeness (QED) is 0.430. The summed E-state index contributed by atoms with van der Waals surface area (Å²) in [6.45, 7) is 0.118. The maximum absolute atomic E-state index is 13.1. The van der Waals surface area contributed by atoms with E-state index in [1.54, 1.807) is 0 Å². The van der Waals surface area contributed by atoms with Gasteiger partial charge in [-0.3, -0.25) is 4.79 Å². The van der Waals surface area contributed by atoms with Crippen LogP contribution in [0.15, 0.2) is 47.0 Å². The molecule has 0 N–H and O–H groups in total. The van der Waals surface area contributed by atoms with E-state index in [1.165, 1.54) is 29.2 Å². The lowest BCUT2D eigenvalue weighted by Gasteiger charge is -2.31. The molecule has 1 unspecified atom stereocenters. The monoisotopic (exact) mass is 487 g/mol. The molecule has 2 heterocycles. The smallest absolute Gasteiger partial charge is 0.339 e. The number of piperidine rings is 1. The first-order chi connectivity index (χ1) is 15.9. The number of aromatic nitrogens is 2. The molecule has 34 heavy (non-hydrogen) atoms. The van der Waals surface area contributed by atoms with Crippen molar-refractivity contribution in [2.45, 2.75) is 31.1 Å². The molecule has 0 spiro atoms. The van der Waals surface area contributed by atoms with Crippen molar-refractivity contribution in [2.24, 2.45) is 0 Å². The third-order valence-electron chi connectivity index (χ3n) is 5.44. The molecule has 1 fully saturated rings. The van der Waals surface area contributed by atoms with Crippen molar-refractivity contribution in [1.82, 2.24) is 15.0 Å². The van der Waals surface area contributed by atoms with Gasteiger partial charge in [0.2, 0.25) is 11.7 Å². The Bertz CT molecular complexity index is 1150. The number of nitrogens with zero attached hydrogens (tertiary/aromatic N) is 3. The minimum Gasteiger partial charge on any atom is -0.339 e. The van der Waals surface area contributed by atoms with E-state index in [9.17, 15) is 35.5 Å². The Morgan fingerprint density at radius 3 is 2.18 bits per heavy atom. The summed E-state index contributed by atoms with van der Waals surface area (Å²) in [6.07, 6.45) is -9.16. The number of rotatable bonds is 3. The second-order valence-electron chi connectivity index (χ2n) is 7.85. The van der Waals surface area contributed by atoms with Gasteiger partial charge < -0.3 is 9.42 Å². The van der Waals surface area contributed by atoms with Gasteiger partial charge in [-0.05, 0) is 55.3 Å². The van der Waals surface area contributed by atoms with Crippen LogP contribution in [0.25, 0.3) is 11.4 Å². The van der Waals surface area contributed by atoms with Crippen molar-refractivity contribution in [3.63, 3.8) is 0 Å². The fourth-order valence-electron chi connectivity index (χ4n) is 3.74. The predicted octanol–water partition coefficient (Wildman–Crippen LogP) is 5.93. The number of benzene rings is 2. The Balaban J connectivity index is 1.57. The molecule has 0 aliphatic carbocycles. The lowest BCUT2D eigenvalue weighted by Crippen LogP contribution is -2.39. The van der Waals surface area contributed by atoms with E-state index in [0.29, 0.717) is 30.5 Å². The van der Waals surface area contributed by atoms with Gasteiger partial charge in [0.1, 0.15) is 5.82 Å². The summed E-state index contributed by atoms with van der Waals surface area (Å²) >= 11 is 0. The standard InChI is InChI=1S/C22H16F7N3O2/c23-17-5-3-12(4-6-17)18-30-19(34-31-18)13-2-1-7-32(11-13)20(33)14-8-15(21(24,25)26)10-16(9-14)22(27,28)29/h3-6,8-10,13H,1-2,7,11H2. The lowest BCUT2D eigenvalue weighted by molar-refractivity contribution is -0.143. The number of hydrogen-bond donors (Lipinski definition) is 0. The third kappa shape index (κ3) is 5.05. The van der Waals surface area contributed by atoms with Crippen LogP contribution in [0.4, 0.5) is 30.7 Å². The second-order valence-corrected chi connectivity index (χ2v) is 7.85. The maximum atomic E-state index is 13.1. The van der Waals surface area contributed by atoms with Gasteiger partial charge in [-0.1, -0.05) is 5.16 Å². The summed E-state index contributed by atoms with van der Waals surface area (Å²) in [5, 5.41) is 3.83. The van der Waals surface area contributed by atoms with Gasteiger partial charge in [-0.25, -0.2) is 4.39 Å². The fraction of sp³-hybridized carbons (Fsp3) is 0.318. The Kier molecular flexibility index (Phi) is 6.09. The molecule has 1 aliphatic heterocycles. The average Bonchev–Trinajstić information content (AvgIpc) is 3.28. The van der Waals surface area contributed by atoms with Crippen molar-refractivity contribution in [3.8, 4) is 11.4 Å². The summed E-state index contributed by atoms with van der Waals surface area (Å²) < 4.78 is 97.3. The molecule has 1 atom stereocenters. The molecule has 1 amide bonds. The van der Waals surface area contributed by atoms with Crippen molar-refractivity contribution >= 4 is 5.91 Å². The highest BCUT2D eigenvalue weighted by molar-refractivity contribution is 5.94. The Hall–Kier alpha value is -3.44. The zero-order valence-electron chi connectivity index (χ0n) is 17.3. The number of hydrogen-bond acceptors (Lipinski definition) is 4. The highest BCUT2D eigenvalue weighted by atomic mass is 19.4. The summed E-state index contributed by atoms with van der Waals surface area (Å²) in [7, 11) is 0. The minimum absolute atomic E-state index is 0.0226. The van der Waals surface area contributed by atoms with Crippen LogP contribution in [0, 0.1) is 5.82 Å². The largest absolute Gasteiger partial charge is 0.416 e. The van der Waals surface area contributed by atoms with Crippen LogP contribution in [0.1, 0.15) is 46.1 Å². The molecule has 0 radical (unpaired) electrons. The Morgan fingerprint density at radius 1 is 0.971 bits per heavy atom. The molecule has 12 heteroatoms. The zero-order valence-corrected chi connectivity index (χ0v) is 17.3. The average molecular weight is 487 g/mol. The van der Waals surface area contributed by atoms with E-state index >= 15 is 0 Å². The SMILES string of the molecule is O=C(c1cc(C(F)(F)F)cc(C(F)(F)F)c1)N1CCCC(c2nc(-c3ccc(F)cc3)no2)C1. The number of likely N-dealkylation sites (tertiary alicyclic amines) is 1. The number of alkyl halides is 6. The van der Waals surface area contributed by atoms with Gasteiger partial charge in [0.25, 0.3) is 5.91 Å². The number of halogens is 7. The van der Waals surface area contributed by atoms with Crippen molar-refractivity contribution in [2.75, 3.05) is 13.1 Å². The van der Waals surface area contributed by atoms with Gasteiger partial charge in [-0.2, -0.15) is 31.3 Å². The van der Waals surface area contributed by atoms with Gasteiger partial charge in [0.15, 0.2) is 0 Å². The van der Waals surface area contributed by atoms with E-state index in [0.717, 1.165) is 0 Å². The number of carbonyl (C=O) groups is 1. The van der Waals surface area contributed by atoms with Crippen LogP contribution < -0.4 is 0 Å². The Labute approximate surface area is 188 Å². The third-order valence-corrected chi connectivity index (χ3v) is 5.44. The van der Waals surface area contributed by atoms with Crippen LogP contribution in [0.2, 0.25) is 0 Å². The van der Waals surface area contributed by atoms with E-state index < -0.39 is 46.7 Å². The molecule has 3 aromatic rings. The fourth-order valence-corrected chi connectivity index (χ4v) is 3.74. The van der Waals surface area contributed by atoms with Crippen LogP contribution in [0.5, 0.6) is 0 Å². The summed E-state index contributed by atoms with van der Waals surface area (Å²) in [5.74, 6) is -1.52. The summed E-state index contributed by atoms with van der Waals surface area (Å²) in [5.41, 5.74) is -3.33. The van der Waals surface area contributed by atoms with Gasteiger partial charge in [-0.15, -0.1) is 0 Å². The second kappa shape index (κ2) is 8.73. The van der Waals surface area contributed by atoms with E-state index in [-0.39, 0.29) is 30.9 Å². The van der Waals surface area contributed by atoms with E-state index in [2.05, 4.69) is 10.1 Å². The number of carbonyl (C=O) groups excluding carboxylic acids is 1. The normalized spacial score (nSPS) is 17.1. The molecule has 1 aromatic heterocycles. The predicted molar refractivity (Wildman–Crippen MR) is 104 cm³/mol. The lowest BCUT2D eigenvalue weighted by atomic mass is 9.96. The molecule has 0 bridgehead atoms. The van der Waals surface area contributed by atoms with Crippen LogP contribution in [-0.4, -0.2) is 34.0 Å². The summed E-state index contributed by atoms with van der Waals surface area (Å²) in [6, 6.07) is 6.15. The van der Waals surface area contributed by atoms with Gasteiger partial charge in [0.05, 0.1) is 17.0 Å². The molecule has 180 valence electrons. The topological polar surface area (TPSA) is 59.2 Å². The maximum Gasteiger partial charge on any atom is 0.416 e. The van der Waals surface area contributed by atoms with Crippen molar-refractivity contribution in [1.29, 1.82) is 0 Å². The number of amides is 1.